The Hall–Kier alpha value is -2.67. The lowest BCUT2D eigenvalue weighted by Gasteiger charge is -2.37. The average molecular weight is 356 g/mol. The summed E-state index contributed by atoms with van der Waals surface area (Å²) in [6.07, 6.45) is 0. The molecule has 2 heterocycles. The van der Waals surface area contributed by atoms with E-state index >= 15 is 0 Å². The summed E-state index contributed by atoms with van der Waals surface area (Å²) in [5.74, 6) is 0.533. The Morgan fingerprint density at radius 2 is 2.12 bits per heavy atom. The van der Waals surface area contributed by atoms with Gasteiger partial charge in [-0.25, -0.2) is 0 Å². The van der Waals surface area contributed by atoms with E-state index < -0.39 is 0 Å². The van der Waals surface area contributed by atoms with Gasteiger partial charge in [0.15, 0.2) is 11.5 Å². The maximum absolute atomic E-state index is 12.6. The average Bonchev–Trinajstić information content (AvgIpc) is 3.11. The van der Waals surface area contributed by atoms with Gasteiger partial charge in [0.1, 0.15) is 12.4 Å². The number of benzene rings is 1. The Bertz CT molecular complexity index is 802. The number of hydrogen-bond donors (Lipinski definition) is 1. The van der Waals surface area contributed by atoms with Crippen molar-refractivity contribution in [2.75, 3.05) is 26.7 Å². The van der Waals surface area contributed by atoms with Crippen molar-refractivity contribution < 1.29 is 14.3 Å². The van der Waals surface area contributed by atoms with Crippen molar-refractivity contribution in [2.45, 2.75) is 26.5 Å². The molecule has 0 bridgehead atoms. The van der Waals surface area contributed by atoms with Crippen LogP contribution in [0.15, 0.2) is 30.3 Å². The highest BCUT2D eigenvalue weighted by Gasteiger charge is 2.26. The van der Waals surface area contributed by atoms with Crippen molar-refractivity contribution in [3.63, 3.8) is 0 Å². The zero-order chi connectivity index (χ0) is 18.7. The molecule has 1 aromatic heterocycles. The summed E-state index contributed by atoms with van der Waals surface area (Å²) in [6, 6.07) is 9.08. The number of piperazine rings is 1. The van der Waals surface area contributed by atoms with Gasteiger partial charge in [-0.3, -0.25) is 14.7 Å². The van der Waals surface area contributed by atoms with Crippen LogP contribution in [0.2, 0.25) is 0 Å². The maximum Gasteiger partial charge on any atom is 0.274 e. The highest BCUT2D eigenvalue weighted by atomic mass is 16.5. The lowest BCUT2D eigenvalue weighted by molar-refractivity contribution is 0.0566. The summed E-state index contributed by atoms with van der Waals surface area (Å²) < 4.78 is 5.70. The second kappa shape index (κ2) is 7.70. The van der Waals surface area contributed by atoms with Crippen LogP contribution in [0.1, 0.15) is 40.4 Å². The molecule has 0 aliphatic carbocycles. The number of amides is 1. The van der Waals surface area contributed by atoms with Crippen LogP contribution in [-0.2, 0) is 6.61 Å². The molecule has 0 saturated carbocycles. The molecule has 1 aliphatic rings. The van der Waals surface area contributed by atoms with Crippen molar-refractivity contribution in [3.8, 4) is 5.75 Å². The maximum atomic E-state index is 12.6. The molecule has 0 spiro atoms. The quantitative estimate of drug-likeness (QED) is 0.829. The molecule has 1 fully saturated rings. The summed E-state index contributed by atoms with van der Waals surface area (Å²) in [6.45, 7) is 6.15. The van der Waals surface area contributed by atoms with Gasteiger partial charge in [0, 0.05) is 31.2 Å². The van der Waals surface area contributed by atoms with Gasteiger partial charge in [0.2, 0.25) is 0 Å². The predicted molar refractivity (Wildman–Crippen MR) is 97.4 cm³/mol. The molecule has 7 nitrogen and oxygen atoms in total. The minimum atomic E-state index is -0.0639. The van der Waals surface area contributed by atoms with Crippen LogP contribution in [0.25, 0.3) is 0 Å². The number of ketones is 1. The topological polar surface area (TPSA) is 78.5 Å². The molecule has 7 heteroatoms. The summed E-state index contributed by atoms with van der Waals surface area (Å²) in [5.41, 5.74) is 1.72. The van der Waals surface area contributed by atoms with Crippen molar-refractivity contribution >= 4 is 11.7 Å². The van der Waals surface area contributed by atoms with Crippen molar-refractivity contribution in [2.24, 2.45) is 0 Å². The SMILES string of the molecule is CC(=O)c1cccc(OCc2cc(C(=O)N3CCN(C)C(C)C3)n[nH]2)c1. The third-order valence-corrected chi connectivity index (χ3v) is 4.73. The van der Waals surface area contributed by atoms with E-state index in [1.165, 1.54) is 6.92 Å². The van der Waals surface area contributed by atoms with E-state index in [2.05, 4.69) is 29.1 Å². The standard InChI is InChI=1S/C19H24N4O3/c1-13-11-23(8-7-22(13)3)19(25)18-10-16(20-21-18)12-26-17-6-4-5-15(9-17)14(2)24/h4-6,9-10,13H,7-8,11-12H2,1-3H3,(H,20,21). The van der Waals surface area contributed by atoms with Crippen LogP contribution in [0.4, 0.5) is 0 Å². The molecule has 1 atom stereocenters. The first-order chi connectivity index (χ1) is 12.4. The van der Waals surface area contributed by atoms with Gasteiger partial charge in [-0.15, -0.1) is 0 Å². The number of rotatable bonds is 5. The molecule has 1 aromatic carbocycles. The summed E-state index contributed by atoms with van der Waals surface area (Å²) in [4.78, 5) is 28.1. The van der Waals surface area contributed by atoms with Gasteiger partial charge >= 0.3 is 0 Å². The second-order valence-corrected chi connectivity index (χ2v) is 6.73. The molecule has 1 saturated heterocycles. The van der Waals surface area contributed by atoms with Crippen LogP contribution < -0.4 is 4.74 Å². The Morgan fingerprint density at radius 3 is 2.85 bits per heavy atom. The van der Waals surface area contributed by atoms with Gasteiger partial charge in [0.05, 0.1) is 5.69 Å². The lowest BCUT2D eigenvalue weighted by atomic mass is 10.1. The Labute approximate surface area is 152 Å². The number of aromatic amines is 1. The molecular weight excluding hydrogens is 332 g/mol. The fourth-order valence-corrected chi connectivity index (χ4v) is 2.91. The van der Waals surface area contributed by atoms with Gasteiger partial charge in [0.25, 0.3) is 5.91 Å². The van der Waals surface area contributed by atoms with Gasteiger partial charge < -0.3 is 14.5 Å². The zero-order valence-corrected chi connectivity index (χ0v) is 15.4. The number of likely N-dealkylation sites (N-methyl/N-ethyl adjacent to an activating group) is 1. The number of nitrogens with zero attached hydrogens (tertiary/aromatic N) is 3. The fourth-order valence-electron chi connectivity index (χ4n) is 2.91. The van der Waals surface area contributed by atoms with Gasteiger partial charge in [-0.05, 0) is 39.1 Å². The third kappa shape index (κ3) is 4.11. The van der Waals surface area contributed by atoms with E-state index in [0.29, 0.717) is 41.8 Å². The van der Waals surface area contributed by atoms with Crippen molar-refractivity contribution in [1.82, 2.24) is 20.0 Å². The minimum Gasteiger partial charge on any atom is -0.487 e. The molecule has 2 aromatic rings. The first-order valence-corrected chi connectivity index (χ1v) is 8.71. The fraction of sp³-hybridized carbons (Fsp3) is 0.421. The summed E-state index contributed by atoms with van der Waals surface area (Å²) in [7, 11) is 2.07. The second-order valence-electron chi connectivity index (χ2n) is 6.73. The highest BCUT2D eigenvalue weighted by molar-refractivity contribution is 5.94. The Morgan fingerprint density at radius 1 is 1.31 bits per heavy atom. The normalized spacial score (nSPS) is 18.0. The number of Topliss-reactive ketones (excluding diaryl/α,β-unsaturated/α-hetero) is 1. The first kappa shape index (κ1) is 18.1. The molecule has 138 valence electrons. The Balaban J connectivity index is 1.60. The molecular formula is C19H24N4O3. The largest absolute Gasteiger partial charge is 0.487 e. The molecule has 0 radical (unpaired) electrons. The molecule has 26 heavy (non-hydrogen) atoms. The van der Waals surface area contributed by atoms with Crippen LogP contribution in [0, 0.1) is 0 Å². The number of hydrogen-bond acceptors (Lipinski definition) is 5. The molecule has 1 aliphatic heterocycles. The van der Waals surface area contributed by atoms with Gasteiger partial charge in [-0.2, -0.15) is 5.10 Å². The first-order valence-electron chi connectivity index (χ1n) is 8.71. The summed E-state index contributed by atoms with van der Waals surface area (Å²) >= 11 is 0. The number of carbonyl (C=O) groups excluding carboxylic acids is 2. The van der Waals surface area contributed by atoms with Crippen LogP contribution in [-0.4, -0.2) is 64.4 Å². The van der Waals surface area contributed by atoms with E-state index in [0.717, 1.165) is 6.54 Å². The van der Waals surface area contributed by atoms with E-state index in [-0.39, 0.29) is 18.3 Å². The minimum absolute atomic E-state index is 0.00808. The smallest absolute Gasteiger partial charge is 0.274 e. The van der Waals surface area contributed by atoms with E-state index in [1.807, 2.05) is 4.90 Å². The number of carbonyl (C=O) groups is 2. The molecule has 1 amide bonds. The monoisotopic (exact) mass is 356 g/mol. The van der Waals surface area contributed by atoms with Gasteiger partial charge in [-0.1, -0.05) is 12.1 Å². The van der Waals surface area contributed by atoms with E-state index in [4.69, 9.17) is 4.74 Å². The van der Waals surface area contributed by atoms with E-state index in [9.17, 15) is 9.59 Å². The number of nitrogens with one attached hydrogen (secondary N) is 1. The number of H-pyrrole nitrogens is 1. The molecule has 3 rings (SSSR count). The van der Waals surface area contributed by atoms with Crippen LogP contribution in [0.5, 0.6) is 5.75 Å². The Kier molecular flexibility index (Phi) is 5.37. The zero-order valence-electron chi connectivity index (χ0n) is 15.4. The third-order valence-electron chi connectivity index (χ3n) is 4.73. The number of ether oxygens (including phenoxy) is 1. The molecule has 1 N–H and O–H groups in total. The van der Waals surface area contributed by atoms with Crippen LogP contribution >= 0.6 is 0 Å². The van der Waals surface area contributed by atoms with Crippen molar-refractivity contribution in [1.29, 1.82) is 0 Å². The van der Waals surface area contributed by atoms with Crippen LogP contribution in [0.3, 0.4) is 0 Å². The lowest BCUT2D eigenvalue weighted by Crippen LogP contribution is -2.52. The predicted octanol–water partition coefficient (Wildman–Crippen LogP) is 1.97. The molecule has 1 unspecified atom stereocenters. The van der Waals surface area contributed by atoms with E-state index in [1.54, 1.807) is 30.3 Å². The highest BCUT2D eigenvalue weighted by Crippen LogP contribution is 2.16. The summed E-state index contributed by atoms with van der Waals surface area (Å²) in [5, 5.41) is 6.98. The number of aromatic nitrogens is 2. The van der Waals surface area contributed by atoms with Crippen molar-refractivity contribution in [3.05, 3.63) is 47.3 Å².